The summed E-state index contributed by atoms with van der Waals surface area (Å²) in [5, 5.41) is -0.823. The summed E-state index contributed by atoms with van der Waals surface area (Å²) in [5.41, 5.74) is -0.636. The first-order valence-corrected chi connectivity index (χ1v) is 5.27. The molecule has 0 amide bonds. The van der Waals surface area contributed by atoms with E-state index in [-0.39, 0.29) is 10.8 Å². The molecule has 0 heterocycles. The molecule has 18 heavy (non-hydrogen) atoms. The van der Waals surface area contributed by atoms with Crippen LogP contribution < -0.4 is 4.74 Å². The fourth-order valence-corrected chi connectivity index (χ4v) is 1.65. The Bertz CT molecular complexity index is 460. The quantitative estimate of drug-likeness (QED) is 0.788. The summed E-state index contributed by atoms with van der Waals surface area (Å²) in [6, 6.07) is 0.719. The highest BCUT2D eigenvalue weighted by Crippen LogP contribution is 2.37. The van der Waals surface area contributed by atoms with E-state index in [1.165, 1.54) is 6.29 Å². The molecule has 0 aromatic heterocycles. The van der Waals surface area contributed by atoms with E-state index in [0.29, 0.717) is 0 Å². The minimum Gasteiger partial charge on any atom is -0.490 e. The van der Waals surface area contributed by atoms with Crippen molar-refractivity contribution >= 4 is 29.5 Å². The van der Waals surface area contributed by atoms with Crippen molar-refractivity contribution < 1.29 is 27.1 Å². The van der Waals surface area contributed by atoms with E-state index in [2.05, 4.69) is 0 Å². The number of hydrogen-bond acceptors (Lipinski definition) is 2. The van der Waals surface area contributed by atoms with Crippen molar-refractivity contribution in [2.24, 2.45) is 0 Å². The third-order valence-corrected chi connectivity index (χ3v) is 2.50. The van der Waals surface area contributed by atoms with Crippen molar-refractivity contribution in [1.82, 2.24) is 0 Å². The van der Waals surface area contributed by atoms with Crippen LogP contribution in [0.15, 0.2) is 6.07 Å². The summed E-state index contributed by atoms with van der Waals surface area (Å²) in [7, 11) is 0. The number of halogens is 6. The third kappa shape index (κ3) is 3.74. The zero-order valence-corrected chi connectivity index (χ0v) is 10.1. The van der Waals surface area contributed by atoms with Gasteiger partial charge in [-0.3, -0.25) is 4.79 Å². The molecule has 1 radical (unpaired) electrons. The van der Waals surface area contributed by atoms with Crippen molar-refractivity contribution in [3.05, 3.63) is 27.5 Å². The number of rotatable bonds is 4. The van der Waals surface area contributed by atoms with Crippen LogP contribution in [-0.4, -0.2) is 19.1 Å². The predicted octanol–water partition coefficient (Wildman–Crippen LogP) is 3.92. The number of benzene rings is 1. The molecule has 0 aliphatic rings. The molecule has 0 saturated heterocycles. The molecule has 8 heteroatoms. The van der Waals surface area contributed by atoms with Gasteiger partial charge < -0.3 is 4.74 Å². The molecule has 0 atom stereocenters. The third-order valence-electron chi connectivity index (χ3n) is 1.86. The lowest BCUT2D eigenvalue weighted by Gasteiger charge is -2.12. The largest absolute Gasteiger partial charge is 0.490 e. The van der Waals surface area contributed by atoms with Gasteiger partial charge in [0.25, 0.3) is 0 Å². The Labute approximate surface area is 109 Å². The van der Waals surface area contributed by atoms with Crippen LogP contribution in [-0.2, 0) is 4.79 Å². The van der Waals surface area contributed by atoms with Crippen LogP contribution in [0.1, 0.15) is 12.0 Å². The van der Waals surface area contributed by atoms with Gasteiger partial charge in [0.15, 0.2) is 5.75 Å². The molecule has 0 N–H and O–H groups in total. The van der Waals surface area contributed by atoms with Gasteiger partial charge in [-0.1, -0.05) is 23.2 Å². The lowest BCUT2D eigenvalue weighted by Crippen LogP contribution is -2.13. The number of ether oxygens (including phenoxy) is 1. The highest BCUT2D eigenvalue weighted by atomic mass is 35.5. The monoisotopic (exact) mass is 303 g/mol. The molecule has 1 aromatic rings. The molecule has 2 nitrogen and oxygen atoms in total. The average molecular weight is 304 g/mol. The van der Waals surface area contributed by atoms with Gasteiger partial charge in [-0.05, 0) is 6.07 Å². The topological polar surface area (TPSA) is 26.3 Å². The molecule has 99 valence electrons. The van der Waals surface area contributed by atoms with E-state index in [0.717, 1.165) is 6.07 Å². The molecule has 1 rings (SSSR count). The molecule has 1 aromatic carbocycles. The number of hydrogen-bond donors (Lipinski definition) is 0. The van der Waals surface area contributed by atoms with Gasteiger partial charge in [-0.15, -0.1) is 0 Å². The molecule has 0 aliphatic carbocycles. The van der Waals surface area contributed by atoms with Crippen LogP contribution in [0.3, 0.4) is 0 Å². The molecule has 0 bridgehead atoms. The van der Waals surface area contributed by atoms with Gasteiger partial charge in [-0.2, -0.15) is 13.2 Å². The SMILES string of the molecule is O=[C]c1c(F)cc(Cl)c(OCCC(F)(F)F)c1Cl. The van der Waals surface area contributed by atoms with E-state index in [4.69, 9.17) is 27.9 Å². The summed E-state index contributed by atoms with van der Waals surface area (Å²) in [4.78, 5) is 10.4. The zero-order chi connectivity index (χ0) is 13.9. The van der Waals surface area contributed by atoms with Gasteiger partial charge >= 0.3 is 6.18 Å². The second-order valence-electron chi connectivity index (χ2n) is 3.17. The summed E-state index contributed by atoms with van der Waals surface area (Å²) in [6.45, 7) is -0.743. The van der Waals surface area contributed by atoms with Crippen LogP contribution in [0.25, 0.3) is 0 Å². The van der Waals surface area contributed by atoms with E-state index in [1.54, 1.807) is 0 Å². The van der Waals surface area contributed by atoms with E-state index >= 15 is 0 Å². The normalized spacial score (nSPS) is 11.4. The van der Waals surface area contributed by atoms with Crippen molar-refractivity contribution in [2.75, 3.05) is 6.61 Å². The van der Waals surface area contributed by atoms with E-state index in [9.17, 15) is 22.4 Å². The van der Waals surface area contributed by atoms with Gasteiger partial charge in [0.05, 0.1) is 28.6 Å². The summed E-state index contributed by atoms with van der Waals surface area (Å²) in [6.07, 6.45) is -4.41. The Kier molecular flexibility index (Phi) is 4.81. The molecule has 0 unspecified atom stereocenters. The van der Waals surface area contributed by atoms with Gasteiger partial charge in [0.2, 0.25) is 6.29 Å². The standard InChI is InChI=1S/C10H5Cl2F4O2/c11-6-3-7(13)5(4-17)8(12)9(6)18-2-1-10(14,15)16/h3H,1-2H2. The van der Waals surface area contributed by atoms with Crippen molar-refractivity contribution in [1.29, 1.82) is 0 Å². The minimum absolute atomic E-state index is 0.321. The Morgan fingerprint density at radius 2 is 1.94 bits per heavy atom. The molecular formula is C10H5Cl2F4O2. The first-order valence-electron chi connectivity index (χ1n) is 4.51. The molecular weight excluding hydrogens is 299 g/mol. The Hall–Kier alpha value is -1.01. The van der Waals surface area contributed by atoms with Gasteiger partial charge in [-0.25, -0.2) is 4.39 Å². The van der Waals surface area contributed by atoms with Crippen LogP contribution in [0.5, 0.6) is 5.75 Å². The molecule has 0 spiro atoms. The predicted molar refractivity (Wildman–Crippen MR) is 57.4 cm³/mol. The number of carbonyl (C=O) groups excluding carboxylic acids is 1. The maximum absolute atomic E-state index is 13.1. The van der Waals surface area contributed by atoms with Crippen molar-refractivity contribution in [2.45, 2.75) is 12.6 Å². The first-order chi connectivity index (χ1) is 8.26. The average Bonchev–Trinajstić information content (AvgIpc) is 2.21. The van der Waals surface area contributed by atoms with E-state index < -0.39 is 35.6 Å². The lowest BCUT2D eigenvalue weighted by molar-refractivity contribution is -0.139. The highest BCUT2D eigenvalue weighted by molar-refractivity contribution is 6.38. The van der Waals surface area contributed by atoms with Crippen LogP contribution in [0.2, 0.25) is 10.0 Å². The Balaban J connectivity index is 2.92. The summed E-state index contributed by atoms with van der Waals surface area (Å²) < 4.78 is 53.5. The Morgan fingerprint density at radius 3 is 2.44 bits per heavy atom. The van der Waals surface area contributed by atoms with Crippen LogP contribution in [0, 0.1) is 5.82 Å². The fourth-order valence-electron chi connectivity index (χ4n) is 1.07. The second kappa shape index (κ2) is 5.75. The van der Waals surface area contributed by atoms with Gasteiger partial charge in [0.1, 0.15) is 5.82 Å². The maximum atomic E-state index is 13.1. The minimum atomic E-state index is -4.40. The second-order valence-corrected chi connectivity index (χ2v) is 3.96. The number of alkyl halides is 3. The molecule has 0 fully saturated rings. The summed E-state index contributed by atoms with van der Waals surface area (Å²) >= 11 is 11.1. The van der Waals surface area contributed by atoms with Gasteiger partial charge in [0, 0.05) is 0 Å². The first kappa shape index (κ1) is 15.0. The lowest BCUT2D eigenvalue weighted by atomic mass is 10.2. The highest BCUT2D eigenvalue weighted by Gasteiger charge is 2.27. The molecule has 0 saturated carbocycles. The van der Waals surface area contributed by atoms with E-state index in [1.807, 2.05) is 0 Å². The maximum Gasteiger partial charge on any atom is 0.392 e. The van der Waals surface area contributed by atoms with Crippen LogP contribution in [0.4, 0.5) is 17.6 Å². The van der Waals surface area contributed by atoms with Crippen molar-refractivity contribution in [3.63, 3.8) is 0 Å². The van der Waals surface area contributed by atoms with Crippen LogP contribution >= 0.6 is 23.2 Å². The zero-order valence-electron chi connectivity index (χ0n) is 8.58. The summed E-state index contributed by atoms with van der Waals surface area (Å²) in [5.74, 6) is -1.40. The smallest absolute Gasteiger partial charge is 0.392 e. The molecule has 0 aliphatic heterocycles. The van der Waals surface area contributed by atoms with Crippen molar-refractivity contribution in [3.8, 4) is 5.75 Å². The fraction of sp³-hybridized carbons (Fsp3) is 0.300. The Morgan fingerprint density at radius 1 is 1.33 bits per heavy atom.